The number of guanidine groups is 1. The smallest absolute Gasteiger partial charge is 0.191 e. The lowest BCUT2D eigenvalue weighted by atomic mass is 10.1. The first-order chi connectivity index (χ1) is 14.6. The maximum Gasteiger partial charge on any atom is 0.191 e. The Morgan fingerprint density at radius 1 is 1.07 bits per heavy atom. The van der Waals surface area contributed by atoms with Gasteiger partial charge in [-0.15, -0.1) is 11.8 Å². The van der Waals surface area contributed by atoms with Crippen LogP contribution in [0.3, 0.4) is 0 Å². The number of aliphatic hydroxyl groups excluding tert-OH is 1. The zero-order valence-electron chi connectivity index (χ0n) is 18.3. The summed E-state index contributed by atoms with van der Waals surface area (Å²) in [5.74, 6) is 0.804. The minimum absolute atomic E-state index is 0.115. The fourth-order valence-corrected chi connectivity index (χ4v) is 4.39. The van der Waals surface area contributed by atoms with Gasteiger partial charge < -0.3 is 15.7 Å². The molecule has 1 fully saturated rings. The number of aliphatic imine (C=N–C) groups is 1. The third-order valence-corrected chi connectivity index (χ3v) is 6.38. The summed E-state index contributed by atoms with van der Waals surface area (Å²) in [6.45, 7) is 6.52. The Kier molecular flexibility index (Phi) is 8.61. The molecule has 1 saturated heterocycles. The van der Waals surface area contributed by atoms with Crippen LogP contribution in [0.4, 0.5) is 0 Å². The van der Waals surface area contributed by atoms with Gasteiger partial charge in [-0.2, -0.15) is 0 Å². The van der Waals surface area contributed by atoms with E-state index < -0.39 is 0 Å². The molecule has 0 saturated carbocycles. The molecular weight excluding hydrogens is 392 g/mol. The molecule has 0 aliphatic carbocycles. The van der Waals surface area contributed by atoms with E-state index in [4.69, 9.17) is 0 Å². The Morgan fingerprint density at radius 3 is 2.40 bits per heavy atom. The minimum atomic E-state index is -0.115. The lowest BCUT2D eigenvalue weighted by Crippen LogP contribution is -2.36. The number of nitrogens with zero attached hydrogens (tertiary/aromatic N) is 2. The summed E-state index contributed by atoms with van der Waals surface area (Å²) >= 11 is 1.78. The summed E-state index contributed by atoms with van der Waals surface area (Å²) in [6.07, 6.45) is 3.77. The molecule has 0 amide bonds. The number of thioether (sulfide) groups is 1. The lowest BCUT2D eigenvalue weighted by molar-refractivity contribution is 0.0792. The van der Waals surface area contributed by atoms with E-state index >= 15 is 0 Å². The average molecular weight is 427 g/mol. The lowest BCUT2D eigenvalue weighted by Gasteiger charge is -2.29. The Hall–Kier alpha value is -2.02. The molecule has 2 aromatic rings. The van der Waals surface area contributed by atoms with Crippen LogP contribution in [-0.2, 0) is 19.6 Å². The van der Waals surface area contributed by atoms with E-state index in [2.05, 4.69) is 76.2 Å². The van der Waals surface area contributed by atoms with Crippen molar-refractivity contribution in [2.24, 2.45) is 4.99 Å². The van der Waals surface area contributed by atoms with Crippen molar-refractivity contribution < 1.29 is 5.11 Å². The number of piperidine rings is 1. The van der Waals surface area contributed by atoms with Gasteiger partial charge in [-0.1, -0.05) is 36.4 Å². The molecule has 3 N–H and O–H groups in total. The van der Waals surface area contributed by atoms with Gasteiger partial charge in [0, 0.05) is 44.7 Å². The zero-order chi connectivity index (χ0) is 21.3. The molecule has 5 nitrogen and oxygen atoms in total. The highest BCUT2D eigenvalue weighted by atomic mass is 32.2. The Morgan fingerprint density at radius 2 is 1.73 bits per heavy atom. The first-order valence-electron chi connectivity index (χ1n) is 10.6. The molecule has 162 valence electrons. The fourth-order valence-electron chi connectivity index (χ4n) is 3.68. The largest absolute Gasteiger partial charge is 0.393 e. The van der Waals surface area contributed by atoms with Gasteiger partial charge in [-0.25, -0.2) is 0 Å². The number of nitrogens with one attached hydrogen (secondary N) is 2. The van der Waals surface area contributed by atoms with Crippen LogP contribution in [0.15, 0.2) is 52.4 Å². The molecule has 30 heavy (non-hydrogen) atoms. The molecule has 3 rings (SSSR count). The van der Waals surface area contributed by atoms with Crippen LogP contribution in [0.5, 0.6) is 0 Å². The van der Waals surface area contributed by atoms with Crippen molar-refractivity contribution in [1.82, 2.24) is 15.5 Å². The van der Waals surface area contributed by atoms with Crippen molar-refractivity contribution >= 4 is 17.7 Å². The van der Waals surface area contributed by atoms with Crippen LogP contribution >= 0.6 is 11.8 Å². The van der Waals surface area contributed by atoms with Crippen LogP contribution in [0.1, 0.15) is 35.1 Å². The van der Waals surface area contributed by atoms with Crippen molar-refractivity contribution in [3.63, 3.8) is 0 Å². The van der Waals surface area contributed by atoms with Crippen LogP contribution < -0.4 is 10.6 Å². The van der Waals surface area contributed by atoms with E-state index in [1.807, 2.05) is 0 Å². The zero-order valence-corrected chi connectivity index (χ0v) is 19.1. The first-order valence-corrected chi connectivity index (χ1v) is 11.9. The molecule has 1 heterocycles. The number of aliphatic hydroxyl groups is 1. The van der Waals surface area contributed by atoms with Crippen molar-refractivity contribution in [2.75, 3.05) is 26.4 Å². The summed E-state index contributed by atoms with van der Waals surface area (Å²) < 4.78 is 0. The second kappa shape index (κ2) is 11.4. The number of likely N-dealkylation sites (tertiary alicyclic amines) is 1. The maximum absolute atomic E-state index is 9.64. The van der Waals surface area contributed by atoms with Gasteiger partial charge in [0.2, 0.25) is 0 Å². The number of benzene rings is 2. The van der Waals surface area contributed by atoms with E-state index in [1.54, 1.807) is 18.8 Å². The molecule has 1 aliphatic rings. The highest BCUT2D eigenvalue weighted by Gasteiger charge is 2.16. The van der Waals surface area contributed by atoms with Crippen LogP contribution in [-0.4, -0.2) is 48.5 Å². The molecule has 0 aromatic heterocycles. The summed E-state index contributed by atoms with van der Waals surface area (Å²) in [5.41, 5.74) is 5.12. The summed E-state index contributed by atoms with van der Waals surface area (Å²) in [7, 11) is 1.80. The minimum Gasteiger partial charge on any atom is -0.393 e. The molecule has 6 heteroatoms. The van der Waals surface area contributed by atoms with E-state index in [-0.39, 0.29) is 6.10 Å². The molecule has 0 unspecified atom stereocenters. The number of hydrogen-bond acceptors (Lipinski definition) is 4. The van der Waals surface area contributed by atoms with Crippen LogP contribution in [0.2, 0.25) is 0 Å². The number of rotatable bonds is 7. The molecular formula is C24H34N4OS. The quantitative estimate of drug-likeness (QED) is 0.359. The van der Waals surface area contributed by atoms with Gasteiger partial charge in [0.15, 0.2) is 5.96 Å². The summed E-state index contributed by atoms with van der Waals surface area (Å²) in [4.78, 5) is 8.07. The normalized spacial score (nSPS) is 15.9. The maximum atomic E-state index is 9.64. The van der Waals surface area contributed by atoms with Crippen molar-refractivity contribution in [1.29, 1.82) is 0 Å². The van der Waals surface area contributed by atoms with E-state index in [0.717, 1.165) is 51.5 Å². The van der Waals surface area contributed by atoms with Crippen LogP contribution in [0, 0.1) is 6.92 Å². The molecule has 2 aromatic carbocycles. The third-order valence-electron chi connectivity index (χ3n) is 5.56. The number of hydrogen-bond donors (Lipinski definition) is 3. The SMILES string of the molecule is CN=C(NCc1ccc(CN2CCC(O)CC2)cc1)NCc1ccc(C)cc1SC. The Balaban J connectivity index is 1.47. The van der Waals surface area contributed by atoms with Crippen molar-refractivity contribution in [2.45, 2.75) is 50.4 Å². The highest BCUT2D eigenvalue weighted by molar-refractivity contribution is 7.98. The molecule has 0 atom stereocenters. The van der Waals surface area contributed by atoms with Gasteiger partial charge >= 0.3 is 0 Å². The monoisotopic (exact) mass is 426 g/mol. The van der Waals surface area contributed by atoms with Crippen LogP contribution in [0.25, 0.3) is 0 Å². The second-order valence-electron chi connectivity index (χ2n) is 7.92. The first kappa shape index (κ1) is 22.7. The standard InChI is InChI=1S/C24H34N4OS/c1-18-4-9-21(23(14-18)30-3)16-27-24(25-2)26-15-19-5-7-20(8-6-19)17-28-12-10-22(29)11-13-28/h4-9,14,22,29H,10-13,15-17H2,1-3H3,(H2,25,26,27). The summed E-state index contributed by atoms with van der Waals surface area (Å²) in [6, 6.07) is 15.3. The molecule has 1 aliphatic heterocycles. The van der Waals surface area contributed by atoms with Gasteiger partial charge in [0.25, 0.3) is 0 Å². The van der Waals surface area contributed by atoms with Gasteiger partial charge in [0.05, 0.1) is 6.10 Å². The molecule has 0 spiro atoms. The van der Waals surface area contributed by atoms with Gasteiger partial charge in [0.1, 0.15) is 0 Å². The Labute approximate surface area is 185 Å². The molecule has 0 bridgehead atoms. The Bertz CT molecular complexity index is 830. The fraction of sp³-hybridized carbons (Fsp3) is 0.458. The molecule has 0 radical (unpaired) electrons. The van der Waals surface area contributed by atoms with E-state index in [0.29, 0.717) is 0 Å². The van der Waals surface area contributed by atoms with Gasteiger partial charge in [-0.05, 0) is 54.3 Å². The van der Waals surface area contributed by atoms with Gasteiger partial charge in [-0.3, -0.25) is 9.89 Å². The van der Waals surface area contributed by atoms with E-state index in [9.17, 15) is 5.11 Å². The van der Waals surface area contributed by atoms with E-state index in [1.165, 1.54) is 27.1 Å². The second-order valence-corrected chi connectivity index (χ2v) is 8.77. The van der Waals surface area contributed by atoms with Crippen molar-refractivity contribution in [3.05, 3.63) is 64.7 Å². The predicted molar refractivity (Wildman–Crippen MR) is 127 cm³/mol. The third kappa shape index (κ3) is 6.76. The average Bonchev–Trinajstić information content (AvgIpc) is 2.77. The highest BCUT2D eigenvalue weighted by Crippen LogP contribution is 2.21. The number of aryl methyl sites for hydroxylation is 1. The topological polar surface area (TPSA) is 59.9 Å². The van der Waals surface area contributed by atoms with Crippen molar-refractivity contribution in [3.8, 4) is 0 Å². The summed E-state index contributed by atoms with van der Waals surface area (Å²) in [5, 5.41) is 16.5. The predicted octanol–water partition coefficient (Wildman–Crippen LogP) is 3.54.